The molecule has 6 rings (SSSR count). The van der Waals surface area contributed by atoms with Crippen molar-refractivity contribution in [3.8, 4) is 17.1 Å². The highest BCUT2D eigenvalue weighted by molar-refractivity contribution is 6.33. The lowest BCUT2D eigenvalue weighted by atomic mass is 10.1. The van der Waals surface area contributed by atoms with Crippen LogP contribution >= 0.6 is 11.6 Å². The molecule has 0 saturated carbocycles. The Morgan fingerprint density at radius 2 is 1.82 bits per heavy atom. The van der Waals surface area contributed by atoms with E-state index >= 15 is 0 Å². The summed E-state index contributed by atoms with van der Waals surface area (Å²) in [6, 6.07) is 4.33. The maximum Gasteiger partial charge on any atom is 0.416 e. The number of nitrogens with one attached hydrogen (secondary N) is 1. The van der Waals surface area contributed by atoms with Crippen LogP contribution in [0.25, 0.3) is 22.6 Å². The molecule has 5 heterocycles. The van der Waals surface area contributed by atoms with E-state index in [0.29, 0.717) is 17.1 Å². The quantitative estimate of drug-likeness (QED) is 0.254. The highest BCUT2D eigenvalue weighted by Crippen LogP contribution is 2.34. The molecule has 0 bridgehead atoms. The normalized spacial score (nSPS) is 13.6. The monoisotopic (exact) mass is 710 g/mol. The minimum Gasteiger partial charge on any atom is -0.504 e. The molecule has 18 heteroatoms. The van der Waals surface area contributed by atoms with Crippen molar-refractivity contribution in [1.82, 2.24) is 39.2 Å². The van der Waals surface area contributed by atoms with Gasteiger partial charge in [-0.3, -0.25) is 19.1 Å². The number of halogens is 4. The molecule has 2 N–H and O–H groups in total. The average Bonchev–Trinajstić information content (AvgIpc) is 3.52. The maximum absolute atomic E-state index is 14.3. The molecule has 1 aliphatic heterocycles. The number of fused-ring (bicyclic) bond motifs is 1. The van der Waals surface area contributed by atoms with Gasteiger partial charge in [0, 0.05) is 45.1 Å². The summed E-state index contributed by atoms with van der Waals surface area (Å²) in [6.07, 6.45) is -0.0892. The van der Waals surface area contributed by atoms with Gasteiger partial charge in [0.2, 0.25) is 11.3 Å². The summed E-state index contributed by atoms with van der Waals surface area (Å²) in [4.78, 5) is 61.4. The molecule has 0 unspecified atom stereocenters. The van der Waals surface area contributed by atoms with Crippen LogP contribution in [0.15, 0.2) is 47.8 Å². The second-order valence-corrected chi connectivity index (χ2v) is 11.9. The van der Waals surface area contributed by atoms with Crippen LogP contribution in [0.1, 0.15) is 34.4 Å². The van der Waals surface area contributed by atoms with Gasteiger partial charge >= 0.3 is 6.18 Å². The van der Waals surface area contributed by atoms with Gasteiger partial charge in [-0.1, -0.05) is 18.5 Å². The van der Waals surface area contributed by atoms with Gasteiger partial charge in [0.1, 0.15) is 24.3 Å². The topological polar surface area (TPSA) is 164 Å². The Morgan fingerprint density at radius 1 is 1.08 bits per heavy atom. The summed E-state index contributed by atoms with van der Waals surface area (Å²) in [7, 11) is 1.71. The lowest BCUT2D eigenvalue weighted by molar-refractivity contribution is -0.137. The van der Waals surface area contributed by atoms with Crippen LogP contribution in [-0.4, -0.2) is 82.3 Å². The molecule has 5 aromatic rings. The molecule has 50 heavy (non-hydrogen) atoms. The van der Waals surface area contributed by atoms with Gasteiger partial charge in [-0.15, -0.1) is 0 Å². The minimum atomic E-state index is -4.62. The smallest absolute Gasteiger partial charge is 0.416 e. The first kappa shape index (κ1) is 34.3. The van der Waals surface area contributed by atoms with E-state index in [1.807, 2.05) is 11.8 Å². The van der Waals surface area contributed by atoms with Gasteiger partial charge < -0.3 is 24.8 Å². The molecule has 1 aromatic carbocycles. The Morgan fingerprint density at radius 3 is 2.46 bits per heavy atom. The number of aromatic nitrogens is 7. The molecular formula is C32H30ClF3N10O4. The number of amides is 2. The molecule has 0 radical (unpaired) electrons. The fourth-order valence-electron chi connectivity index (χ4n) is 5.87. The Hall–Kier alpha value is -5.58. The van der Waals surface area contributed by atoms with Gasteiger partial charge in [0.05, 0.1) is 33.9 Å². The Kier molecular flexibility index (Phi) is 9.17. The maximum atomic E-state index is 14.3. The van der Waals surface area contributed by atoms with Crippen molar-refractivity contribution in [3.63, 3.8) is 0 Å². The molecule has 260 valence electrons. The zero-order valence-electron chi connectivity index (χ0n) is 27.0. The molecular weight excluding hydrogens is 681 g/mol. The third-order valence-corrected chi connectivity index (χ3v) is 8.73. The van der Waals surface area contributed by atoms with Gasteiger partial charge in [0.25, 0.3) is 5.91 Å². The average molecular weight is 711 g/mol. The standard InChI is InChI=1S/C32H30ClF3N10O4/c1-4-22-27(44-9-11-45(12-10-44)31(50)26-28(48)17(2)38-16-39-26)29(49)25-30(37-14-21(42-25)23-7-8-40-43(23)3)46(22)15-24(47)41-20-6-5-18(13-19(20)33)32(34,35)36/h5-8,13-14,16,48H,4,9-12,15H2,1-3H3,(H,41,47). The molecule has 1 fully saturated rings. The second kappa shape index (κ2) is 13.4. The first-order chi connectivity index (χ1) is 23.8. The minimum absolute atomic E-state index is 0.0175. The van der Waals surface area contributed by atoms with E-state index in [9.17, 15) is 32.7 Å². The van der Waals surface area contributed by atoms with Gasteiger partial charge in [-0.05, 0) is 37.6 Å². The summed E-state index contributed by atoms with van der Waals surface area (Å²) in [5, 5.41) is 16.8. The summed E-state index contributed by atoms with van der Waals surface area (Å²) in [6.45, 7) is 3.82. The highest BCUT2D eigenvalue weighted by atomic mass is 35.5. The number of nitrogens with zero attached hydrogens (tertiary/aromatic N) is 9. The van der Waals surface area contributed by atoms with E-state index in [2.05, 4.69) is 30.4 Å². The van der Waals surface area contributed by atoms with E-state index in [0.717, 1.165) is 18.2 Å². The van der Waals surface area contributed by atoms with Crippen molar-refractivity contribution < 1.29 is 27.9 Å². The van der Waals surface area contributed by atoms with Crippen molar-refractivity contribution in [1.29, 1.82) is 0 Å². The molecule has 14 nitrogen and oxygen atoms in total. The number of hydrogen-bond donors (Lipinski definition) is 2. The number of hydrogen-bond acceptors (Lipinski definition) is 10. The van der Waals surface area contributed by atoms with Crippen molar-refractivity contribution in [2.45, 2.75) is 33.0 Å². The lowest BCUT2D eigenvalue weighted by Crippen LogP contribution is -2.50. The van der Waals surface area contributed by atoms with Crippen molar-refractivity contribution in [3.05, 3.63) is 80.9 Å². The third kappa shape index (κ3) is 6.43. The predicted octanol–water partition coefficient (Wildman–Crippen LogP) is 3.83. The van der Waals surface area contributed by atoms with Crippen molar-refractivity contribution >= 4 is 46.0 Å². The van der Waals surface area contributed by atoms with Gasteiger partial charge in [0.15, 0.2) is 22.6 Å². The van der Waals surface area contributed by atoms with E-state index in [1.165, 1.54) is 17.4 Å². The predicted molar refractivity (Wildman–Crippen MR) is 177 cm³/mol. The van der Waals surface area contributed by atoms with E-state index in [4.69, 9.17) is 11.6 Å². The van der Waals surface area contributed by atoms with Gasteiger partial charge in [-0.25, -0.2) is 19.9 Å². The van der Waals surface area contributed by atoms with Crippen LogP contribution in [0.2, 0.25) is 5.02 Å². The number of anilines is 2. The number of rotatable bonds is 7. The molecule has 1 saturated heterocycles. The number of benzene rings is 1. The molecule has 0 atom stereocenters. The van der Waals surface area contributed by atoms with E-state index < -0.39 is 29.0 Å². The number of alkyl halides is 3. The van der Waals surface area contributed by atoms with Crippen LogP contribution in [0.5, 0.6) is 5.75 Å². The number of aromatic hydroxyl groups is 1. The van der Waals surface area contributed by atoms with Crippen LogP contribution < -0.4 is 15.6 Å². The summed E-state index contributed by atoms with van der Waals surface area (Å²) < 4.78 is 42.7. The first-order valence-corrected chi connectivity index (χ1v) is 15.8. The number of carbonyl (C=O) groups excluding carboxylic acids is 2. The zero-order chi connectivity index (χ0) is 35.9. The molecule has 2 amide bonds. The van der Waals surface area contributed by atoms with Crippen LogP contribution in [-0.2, 0) is 31.0 Å². The number of piperazine rings is 1. The van der Waals surface area contributed by atoms with Crippen molar-refractivity contribution in [2.24, 2.45) is 7.05 Å². The summed E-state index contributed by atoms with van der Waals surface area (Å²) in [5.74, 6) is -1.42. The highest BCUT2D eigenvalue weighted by Gasteiger charge is 2.32. The number of carbonyl (C=O) groups is 2. The third-order valence-electron chi connectivity index (χ3n) is 8.42. The molecule has 1 aliphatic rings. The molecule has 0 spiro atoms. The first-order valence-electron chi connectivity index (χ1n) is 15.4. The fraction of sp³-hybridized carbons (Fsp3) is 0.312. The SMILES string of the molecule is CCc1c(N2CCN(C(=O)c3ncnc(C)c3O)CC2)c(=O)c2nc(-c3ccnn3C)cnc2n1CC(=O)Nc1ccc(C(F)(F)F)cc1Cl. The van der Waals surface area contributed by atoms with Crippen LogP contribution in [0.3, 0.4) is 0 Å². The Balaban J connectivity index is 1.38. The summed E-state index contributed by atoms with van der Waals surface area (Å²) >= 11 is 6.10. The van der Waals surface area contributed by atoms with Crippen molar-refractivity contribution in [2.75, 3.05) is 36.4 Å². The lowest BCUT2D eigenvalue weighted by Gasteiger charge is -2.37. The zero-order valence-corrected chi connectivity index (χ0v) is 27.7. The fourth-order valence-corrected chi connectivity index (χ4v) is 6.09. The van der Waals surface area contributed by atoms with Gasteiger partial charge in [-0.2, -0.15) is 18.3 Å². The Labute approximate surface area is 287 Å². The number of aryl methyl sites for hydroxylation is 2. The molecule has 4 aromatic heterocycles. The largest absolute Gasteiger partial charge is 0.504 e. The number of pyridine rings is 1. The Bertz CT molecular complexity index is 2200. The second-order valence-electron chi connectivity index (χ2n) is 11.5. The van der Waals surface area contributed by atoms with E-state index in [-0.39, 0.29) is 83.8 Å². The summed E-state index contributed by atoms with van der Waals surface area (Å²) in [5.41, 5.74) is 0.525. The van der Waals surface area contributed by atoms with Crippen LogP contribution in [0, 0.1) is 6.92 Å². The van der Waals surface area contributed by atoms with E-state index in [1.54, 1.807) is 35.5 Å². The van der Waals surface area contributed by atoms with Crippen LogP contribution in [0.4, 0.5) is 24.5 Å². The molecule has 0 aliphatic carbocycles.